The van der Waals surface area contributed by atoms with Gasteiger partial charge in [0.25, 0.3) is 0 Å². The van der Waals surface area contributed by atoms with E-state index in [9.17, 15) is 4.79 Å². The minimum atomic E-state index is -0.365. The highest BCUT2D eigenvalue weighted by molar-refractivity contribution is 5.82. The molecule has 0 saturated carbocycles. The number of benzene rings is 1. The Bertz CT molecular complexity index is 445. The lowest BCUT2D eigenvalue weighted by Gasteiger charge is -2.04. The number of carbonyl (C=O) groups excluding carboxylic acids is 1. The van der Waals surface area contributed by atoms with Crippen LogP contribution in [-0.2, 0) is 9.53 Å². The maximum atomic E-state index is 10.8. The van der Waals surface area contributed by atoms with E-state index in [1.807, 2.05) is 31.2 Å². The molecule has 0 saturated heterocycles. The summed E-state index contributed by atoms with van der Waals surface area (Å²) in [5.41, 5.74) is 2.11. The Morgan fingerprint density at radius 2 is 2.00 bits per heavy atom. The van der Waals surface area contributed by atoms with Crippen molar-refractivity contribution in [3.8, 4) is 5.75 Å². The zero-order valence-corrected chi connectivity index (χ0v) is 10.3. The van der Waals surface area contributed by atoms with E-state index in [0.29, 0.717) is 0 Å². The molecule has 0 radical (unpaired) electrons. The third-order valence-corrected chi connectivity index (χ3v) is 2.27. The van der Waals surface area contributed by atoms with E-state index in [2.05, 4.69) is 4.74 Å². The predicted molar refractivity (Wildman–Crippen MR) is 67.9 cm³/mol. The molecule has 0 aromatic heterocycles. The third kappa shape index (κ3) is 4.15. The minimum Gasteiger partial charge on any atom is -0.496 e. The molecule has 0 N–H and O–H groups in total. The van der Waals surface area contributed by atoms with Crippen molar-refractivity contribution in [1.82, 2.24) is 0 Å². The van der Waals surface area contributed by atoms with Crippen LogP contribution in [0, 0.1) is 6.92 Å². The summed E-state index contributed by atoms with van der Waals surface area (Å²) in [4.78, 5) is 10.8. The van der Waals surface area contributed by atoms with Gasteiger partial charge in [-0.25, -0.2) is 4.79 Å². The van der Waals surface area contributed by atoms with Gasteiger partial charge in [-0.05, 0) is 24.1 Å². The molecule has 0 spiro atoms. The van der Waals surface area contributed by atoms with E-state index in [1.54, 1.807) is 19.3 Å². The molecule has 0 amide bonds. The number of rotatable bonds is 4. The first-order valence-electron chi connectivity index (χ1n) is 5.24. The van der Waals surface area contributed by atoms with Crippen LogP contribution in [0.1, 0.15) is 11.1 Å². The van der Waals surface area contributed by atoms with Gasteiger partial charge in [0.05, 0.1) is 14.2 Å². The molecule has 0 heterocycles. The number of carbonyl (C=O) groups is 1. The topological polar surface area (TPSA) is 35.5 Å². The molecule has 90 valence electrons. The first-order valence-corrected chi connectivity index (χ1v) is 5.24. The van der Waals surface area contributed by atoms with E-state index in [-0.39, 0.29) is 5.97 Å². The number of ether oxygens (including phenoxy) is 2. The molecule has 1 aromatic rings. The molecule has 1 rings (SSSR count). The number of allylic oxidation sites excluding steroid dienone is 2. The van der Waals surface area contributed by atoms with Crippen LogP contribution >= 0.6 is 0 Å². The Balaban J connectivity index is 2.72. The SMILES string of the molecule is COC(=O)/C=C\C=C\c1ccc(C)c(OC)c1. The fourth-order valence-electron chi connectivity index (χ4n) is 1.31. The van der Waals surface area contributed by atoms with Gasteiger partial charge < -0.3 is 9.47 Å². The largest absolute Gasteiger partial charge is 0.496 e. The van der Waals surface area contributed by atoms with Crippen LogP contribution in [-0.4, -0.2) is 20.2 Å². The molecular weight excluding hydrogens is 216 g/mol. The van der Waals surface area contributed by atoms with Crippen molar-refractivity contribution >= 4 is 12.0 Å². The quantitative estimate of drug-likeness (QED) is 0.455. The highest BCUT2D eigenvalue weighted by Crippen LogP contribution is 2.19. The lowest BCUT2D eigenvalue weighted by Crippen LogP contribution is -1.92. The molecule has 3 nitrogen and oxygen atoms in total. The van der Waals surface area contributed by atoms with Crippen molar-refractivity contribution in [3.63, 3.8) is 0 Å². The number of hydrogen-bond donors (Lipinski definition) is 0. The monoisotopic (exact) mass is 232 g/mol. The van der Waals surface area contributed by atoms with Crippen LogP contribution in [0.15, 0.2) is 36.4 Å². The lowest BCUT2D eigenvalue weighted by molar-refractivity contribution is -0.134. The number of methoxy groups -OCH3 is 2. The van der Waals surface area contributed by atoms with E-state index in [0.717, 1.165) is 16.9 Å². The highest BCUT2D eigenvalue weighted by atomic mass is 16.5. The van der Waals surface area contributed by atoms with Gasteiger partial charge >= 0.3 is 5.97 Å². The first-order chi connectivity index (χ1) is 8.17. The zero-order valence-electron chi connectivity index (χ0n) is 10.3. The van der Waals surface area contributed by atoms with E-state index < -0.39 is 0 Å². The van der Waals surface area contributed by atoms with Crippen LogP contribution in [0.4, 0.5) is 0 Å². The second-order valence-corrected chi connectivity index (χ2v) is 3.47. The maximum absolute atomic E-state index is 10.8. The molecule has 3 heteroatoms. The van der Waals surface area contributed by atoms with Crippen LogP contribution in [0.3, 0.4) is 0 Å². The van der Waals surface area contributed by atoms with Gasteiger partial charge in [0.2, 0.25) is 0 Å². The number of esters is 1. The highest BCUT2D eigenvalue weighted by Gasteiger charge is 1.97. The Morgan fingerprint density at radius 3 is 2.65 bits per heavy atom. The van der Waals surface area contributed by atoms with Crippen molar-refractivity contribution < 1.29 is 14.3 Å². The van der Waals surface area contributed by atoms with Gasteiger partial charge in [0, 0.05) is 6.08 Å². The standard InChI is InChI=1S/C14H16O3/c1-11-8-9-12(10-13(11)16-2)6-4-5-7-14(15)17-3/h4-10H,1-3H3/b6-4+,7-5-. The molecule has 0 fully saturated rings. The van der Waals surface area contributed by atoms with Crippen LogP contribution in [0.25, 0.3) is 6.08 Å². The van der Waals surface area contributed by atoms with Crippen molar-refractivity contribution in [2.45, 2.75) is 6.92 Å². The predicted octanol–water partition coefficient (Wildman–Crippen LogP) is 2.75. The summed E-state index contributed by atoms with van der Waals surface area (Å²) < 4.78 is 9.70. The third-order valence-electron chi connectivity index (χ3n) is 2.27. The molecule has 0 aliphatic carbocycles. The lowest BCUT2D eigenvalue weighted by atomic mass is 10.1. The van der Waals surface area contributed by atoms with E-state index in [1.165, 1.54) is 13.2 Å². The average molecular weight is 232 g/mol. The van der Waals surface area contributed by atoms with Crippen LogP contribution in [0.2, 0.25) is 0 Å². The second-order valence-electron chi connectivity index (χ2n) is 3.47. The summed E-state index contributed by atoms with van der Waals surface area (Å²) in [6.07, 6.45) is 6.67. The Kier molecular flexibility index (Phi) is 5.01. The normalized spacial score (nSPS) is 11.0. The molecule has 0 aliphatic heterocycles. The summed E-state index contributed by atoms with van der Waals surface area (Å²) in [6.45, 7) is 1.99. The maximum Gasteiger partial charge on any atom is 0.330 e. The van der Waals surface area contributed by atoms with Crippen LogP contribution < -0.4 is 4.74 Å². The molecular formula is C14H16O3. The van der Waals surface area contributed by atoms with Crippen molar-refractivity contribution in [3.05, 3.63) is 47.6 Å². The summed E-state index contributed by atoms with van der Waals surface area (Å²) in [5.74, 6) is 0.486. The summed E-state index contributed by atoms with van der Waals surface area (Å²) >= 11 is 0. The first kappa shape index (κ1) is 13.0. The Labute approximate surface area is 101 Å². The fraction of sp³-hybridized carbons (Fsp3) is 0.214. The molecule has 0 unspecified atom stereocenters. The molecule has 17 heavy (non-hydrogen) atoms. The van der Waals surface area contributed by atoms with Crippen molar-refractivity contribution in [2.24, 2.45) is 0 Å². The van der Waals surface area contributed by atoms with Gasteiger partial charge in [-0.2, -0.15) is 0 Å². The Morgan fingerprint density at radius 1 is 1.24 bits per heavy atom. The van der Waals surface area contributed by atoms with Gasteiger partial charge in [-0.15, -0.1) is 0 Å². The minimum absolute atomic E-state index is 0.365. The average Bonchev–Trinajstić information content (AvgIpc) is 2.36. The molecule has 0 atom stereocenters. The van der Waals surface area contributed by atoms with E-state index >= 15 is 0 Å². The summed E-state index contributed by atoms with van der Waals surface area (Å²) in [7, 11) is 2.99. The molecule has 0 aliphatic rings. The van der Waals surface area contributed by atoms with Gasteiger partial charge in [0.1, 0.15) is 5.75 Å². The zero-order chi connectivity index (χ0) is 12.7. The number of aryl methyl sites for hydroxylation is 1. The smallest absolute Gasteiger partial charge is 0.330 e. The van der Waals surface area contributed by atoms with Gasteiger partial charge in [-0.1, -0.05) is 30.4 Å². The second kappa shape index (κ2) is 6.53. The van der Waals surface area contributed by atoms with Crippen molar-refractivity contribution in [2.75, 3.05) is 14.2 Å². The summed E-state index contributed by atoms with van der Waals surface area (Å²) in [5, 5.41) is 0. The van der Waals surface area contributed by atoms with Gasteiger partial charge in [0.15, 0.2) is 0 Å². The fourth-order valence-corrected chi connectivity index (χ4v) is 1.31. The molecule has 0 bridgehead atoms. The van der Waals surface area contributed by atoms with Crippen molar-refractivity contribution in [1.29, 1.82) is 0 Å². The molecule has 1 aromatic carbocycles. The summed E-state index contributed by atoms with van der Waals surface area (Å²) in [6, 6.07) is 5.92. The Hall–Kier alpha value is -2.03. The van der Waals surface area contributed by atoms with Crippen LogP contribution in [0.5, 0.6) is 5.75 Å². The van der Waals surface area contributed by atoms with Gasteiger partial charge in [-0.3, -0.25) is 0 Å². The number of hydrogen-bond acceptors (Lipinski definition) is 3. The van der Waals surface area contributed by atoms with E-state index in [4.69, 9.17) is 4.74 Å².